The average molecular weight is 331 g/mol. The SMILES string of the molecule is C[C@H](NC(=O)c1nccnc1C(F)(F)F)c1ccc(F)c(F)c1. The molecule has 9 heteroatoms. The van der Waals surface area contributed by atoms with Crippen LogP contribution in [0.15, 0.2) is 30.6 Å². The van der Waals surface area contributed by atoms with Gasteiger partial charge < -0.3 is 5.32 Å². The second-order valence-corrected chi connectivity index (χ2v) is 4.62. The van der Waals surface area contributed by atoms with Gasteiger partial charge in [0.25, 0.3) is 5.91 Å². The molecule has 0 bridgehead atoms. The second-order valence-electron chi connectivity index (χ2n) is 4.62. The van der Waals surface area contributed by atoms with Crippen LogP contribution in [-0.2, 0) is 6.18 Å². The third-order valence-electron chi connectivity index (χ3n) is 2.97. The molecular formula is C14H10F5N3O. The highest BCUT2D eigenvalue weighted by atomic mass is 19.4. The molecule has 4 nitrogen and oxygen atoms in total. The molecule has 0 spiro atoms. The molecule has 0 radical (unpaired) electrons. The third-order valence-corrected chi connectivity index (χ3v) is 2.97. The number of nitrogens with one attached hydrogen (secondary N) is 1. The molecule has 23 heavy (non-hydrogen) atoms. The maximum absolute atomic E-state index is 13.2. The van der Waals surface area contributed by atoms with Crippen molar-refractivity contribution >= 4 is 5.91 Å². The Morgan fingerprint density at radius 1 is 1.13 bits per heavy atom. The second kappa shape index (κ2) is 6.27. The van der Waals surface area contributed by atoms with Crippen molar-refractivity contribution in [1.29, 1.82) is 0 Å². The largest absolute Gasteiger partial charge is 0.435 e. The molecule has 0 aliphatic carbocycles. The number of carbonyl (C=O) groups excluding carboxylic acids is 1. The quantitative estimate of drug-likeness (QED) is 0.879. The van der Waals surface area contributed by atoms with Crippen LogP contribution in [0.3, 0.4) is 0 Å². The first kappa shape index (κ1) is 16.8. The van der Waals surface area contributed by atoms with Crippen molar-refractivity contribution in [2.24, 2.45) is 0 Å². The number of amides is 1. The topological polar surface area (TPSA) is 54.9 Å². The first-order chi connectivity index (χ1) is 10.7. The number of benzene rings is 1. The molecule has 1 atom stereocenters. The average Bonchev–Trinajstić information content (AvgIpc) is 2.49. The molecule has 1 aromatic heterocycles. The van der Waals surface area contributed by atoms with Crippen molar-refractivity contribution in [2.75, 3.05) is 0 Å². The maximum atomic E-state index is 13.2. The van der Waals surface area contributed by atoms with Gasteiger partial charge in [-0.05, 0) is 24.6 Å². The molecule has 0 fully saturated rings. The van der Waals surface area contributed by atoms with E-state index >= 15 is 0 Å². The highest BCUT2D eigenvalue weighted by Gasteiger charge is 2.38. The van der Waals surface area contributed by atoms with Gasteiger partial charge in [-0.25, -0.2) is 18.7 Å². The summed E-state index contributed by atoms with van der Waals surface area (Å²) < 4.78 is 64.4. The lowest BCUT2D eigenvalue weighted by Gasteiger charge is -2.16. The maximum Gasteiger partial charge on any atom is 0.435 e. The minimum absolute atomic E-state index is 0.190. The zero-order valence-corrected chi connectivity index (χ0v) is 11.7. The number of rotatable bonds is 3. The van der Waals surface area contributed by atoms with E-state index in [1.807, 2.05) is 0 Å². The summed E-state index contributed by atoms with van der Waals surface area (Å²) in [6.45, 7) is 1.41. The van der Waals surface area contributed by atoms with Crippen LogP contribution in [0.25, 0.3) is 0 Å². The third kappa shape index (κ3) is 3.79. The number of carbonyl (C=O) groups is 1. The lowest BCUT2D eigenvalue weighted by Crippen LogP contribution is -2.30. The Bertz CT molecular complexity index is 733. The Morgan fingerprint density at radius 3 is 2.39 bits per heavy atom. The number of alkyl halides is 3. The highest BCUT2D eigenvalue weighted by molar-refractivity contribution is 5.93. The van der Waals surface area contributed by atoms with Gasteiger partial charge in [-0.2, -0.15) is 13.2 Å². The molecule has 2 rings (SSSR count). The lowest BCUT2D eigenvalue weighted by atomic mass is 10.1. The van der Waals surface area contributed by atoms with Crippen molar-refractivity contribution in [3.8, 4) is 0 Å². The molecule has 1 amide bonds. The number of halogens is 5. The van der Waals surface area contributed by atoms with E-state index in [0.29, 0.717) is 0 Å². The summed E-state index contributed by atoms with van der Waals surface area (Å²) in [4.78, 5) is 18.5. The van der Waals surface area contributed by atoms with Gasteiger partial charge >= 0.3 is 6.18 Å². The summed E-state index contributed by atoms with van der Waals surface area (Å²) in [6.07, 6.45) is -3.07. The van der Waals surface area contributed by atoms with Crippen LogP contribution in [0, 0.1) is 11.6 Å². The summed E-state index contributed by atoms with van der Waals surface area (Å²) in [6, 6.07) is 2.06. The van der Waals surface area contributed by atoms with Gasteiger partial charge in [-0.3, -0.25) is 4.79 Å². The molecule has 1 heterocycles. The Balaban J connectivity index is 2.24. The Morgan fingerprint density at radius 2 is 1.78 bits per heavy atom. The van der Waals surface area contributed by atoms with Crippen molar-refractivity contribution in [1.82, 2.24) is 15.3 Å². The fraction of sp³-hybridized carbons (Fsp3) is 0.214. The van der Waals surface area contributed by atoms with Crippen molar-refractivity contribution in [2.45, 2.75) is 19.1 Å². The van der Waals surface area contributed by atoms with Crippen LogP contribution in [-0.4, -0.2) is 15.9 Å². The van der Waals surface area contributed by atoms with Crippen LogP contribution in [0.4, 0.5) is 22.0 Å². The predicted octanol–water partition coefficient (Wildman–Crippen LogP) is 3.26. The van der Waals surface area contributed by atoms with Gasteiger partial charge in [-0.15, -0.1) is 0 Å². The van der Waals surface area contributed by atoms with Gasteiger partial charge in [0.1, 0.15) is 0 Å². The minimum Gasteiger partial charge on any atom is -0.344 e. The van der Waals surface area contributed by atoms with Gasteiger partial charge in [0.2, 0.25) is 0 Å². The van der Waals surface area contributed by atoms with Crippen LogP contribution in [0.2, 0.25) is 0 Å². The Hall–Kier alpha value is -2.58. The lowest BCUT2D eigenvalue weighted by molar-refractivity contribution is -0.141. The van der Waals surface area contributed by atoms with Gasteiger partial charge in [0, 0.05) is 12.4 Å². The van der Waals surface area contributed by atoms with E-state index in [4.69, 9.17) is 0 Å². The van der Waals surface area contributed by atoms with Crippen LogP contribution in [0.5, 0.6) is 0 Å². The zero-order chi connectivity index (χ0) is 17.2. The van der Waals surface area contributed by atoms with Crippen LogP contribution >= 0.6 is 0 Å². The van der Waals surface area contributed by atoms with Crippen LogP contribution in [0.1, 0.15) is 34.7 Å². The van der Waals surface area contributed by atoms with Gasteiger partial charge in [0.05, 0.1) is 6.04 Å². The van der Waals surface area contributed by atoms with E-state index < -0.39 is 41.1 Å². The zero-order valence-electron chi connectivity index (χ0n) is 11.7. The molecule has 0 saturated carbocycles. The fourth-order valence-corrected chi connectivity index (χ4v) is 1.84. The monoisotopic (exact) mass is 331 g/mol. The van der Waals surface area contributed by atoms with Crippen LogP contribution < -0.4 is 5.32 Å². The van der Waals surface area contributed by atoms with E-state index in [-0.39, 0.29) is 5.56 Å². The molecular weight excluding hydrogens is 321 g/mol. The summed E-state index contributed by atoms with van der Waals surface area (Å²) >= 11 is 0. The van der Waals surface area contributed by atoms with Crippen molar-refractivity contribution < 1.29 is 26.7 Å². The first-order valence-electron chi connectivity index (χ1n) is 6.34. The first-order valence-corrected chi connectivity index (χ1v) is 6.34. The molecule has 1 aromatic carbocycles. The molecule has 0 saturated heterocycles. The molecule has 2 aromatic rings. The van der Waals surface area contributed by atoms with Crippen molar-refractivity contribution in [3.05, 3.63) is 59.2 Å². The highest BCUT2D eigenvalue weighted by Crippen LogP contribution is 2.29. The normalized spacial score (nSPS) is 12.8. The number of nitrogens with zero attached hydrogens (tertiary/aromatic N) is 2. The molecule has 0 aliphatic rings. The summed E-state index contributed by atoms with van der Waals surface area (Å²) in [7, 11) is 0. The van der Waals surface area contributed by atoms with Gasteiger partial charge in [0.15, 0.2) is 23.0 Å². The van der Waals surface area contributed by atoms with E-state index in [1.165, 1.54) is 13.0 Å². The fourth-order valence-electron chi connectivity index (χ4n) is 1.84. The van der Waals surface area contributed by atoms with Gasteiger partial charge in [-0.1, -0.05) is 6.07 Å². The predicted molar refractivity (Wildman–Crippen MR) is 69.3 cm³/mol. The van der Waals surface area contributed by atoms with E-state index in [0.717, 1.165) is 24.5 Å². The van der Waals surface area contributed by atoms with Crippen molar-refractivity contribution in [3.63, 3.8) is 0 Å². The minimum atomic E-state index is -4.84. The molecule has 0 aliphatic heterocycles. The van der Waals surface area contributed by atoms with E-state index in [1.54, 1.807) is 0 Å². The summed E-state index contributed by atoms with van der Waals surface area (Å²) in [5, 5.41) is 2.24. The summed E-state index contributed by atoms with van der Waals surface area (Å²) in [5.41, 5.74) is -2.13. The Kier molecular flexibility index (Phi) is 4.57. The number of hydrogen-bond donors (Lipinski definition) is 1. The molecule has 1 N–H and O–H groups in total. The molecule has 122 valence electrons. The Labute approximate surface area is 127 Å². The summed E-state index contributed by atoms with van der Waals surface area (Å²) in [5.74, 6) is -3.32. The molecule has 0 unspecified atom stereocenters. The van der Waals surface area contributed by atoms with E-state index in [2.05, 4.69) is 15.3 Å². The number of aromatic nitrogens is 2. The smallest absolute Gasteiger partial charge is 0.344 e. The van der Waals surface area contributed by atoms with E-state index in [9.17, 15) is 26.7 Å². The number of hydrogen-bond acceptors (Lipinski definition) is 3. The standard InChI is InChI=1S/C14H10F5N3O/c1-7(8-2-3-9(15)10(16)6-8)22-13(23)11-12(14(17,18)19)21-5-4-20-11/h2-7H,1H3,(H,22,23)/t7-/m0/s1.